The minimum absolute atomic E-state index is 0.0805. The molecule has 0 saturated heterocycles. The maximum absolute atomic E-state index is 11.8. The molecule has 0 aromatic heterocycles. The van der Waals surface area contributed by atoms with Gasteiger partial charge in [0.25, 0.3) is 0 Å². The number of esters is 2. The third-order valence-electron chi connectivity index (χ3n) is 5.78. The second-order valence-electron chi connectivity index (χ2n) is 7.86. The van der Waals surface area contributed by atoms with Crippen LogP contribution in [-0.2, 0) is 29.9 Å². The van der Waals surface area contributed by atoms with Crippen molar-refractivity contribution in [3.8, 4) is 0 Å². The predicted molar refractivity (Wildman–Crippen MR) is 121 cm³/mol. The zero-order valence-electron chi connectivity index (χ0n) is 17.9. The van der Waals surface area contributed by atoms with Crippen LogP contribution in [0.25, 0.3) is 0 Å². The summed E-state index contributed by atoms with van der Waals surface area (Å²) in [5, 5.41) is 0. The Labute approximate surface area is 191 Å². The normalized spacial score (nSPS) is 16.9. The number of benzene rings is 2. The first-order valence-electron chi connectivity index (χ1n) is 10.6. The van der Waals surface area contributed by atoms with E-state index in [-0.39, 0.29) is 17.4 Å². The molecule has 164 valence electrons. The fraction of sp³-hybridized carbons (Fsp3) is 0.400. The topological polar surface area (TPSA) is 69.7 Å². The van der Waals surface area contributed by atoms with Gasteiger partial charge in [-0.1, -0.05) is 46.3 Å². The van der Waals surface area contributed by atoms with E-state index in [1.165, 1.54) is 0 Å². The van der Waals surface area contributed by atoms with Crippen molar-refractivity contribution in [2.45, 2.75) is 50.4 Å². The number of halogens is 1. The molecule has 2 aromatic rings. The molecule has 5 nitrogen and oxygen atoms in total. The van der Waals surface area contributed by atoms with Crippen LogP contribution in [0, 0.1) is 0 Å². The van der Waals surface area contributed by atoms with Gasteiger partial charge in [0.05, 0.1) is 24.0 Å². The van der Waals surface area contributed by atoms with E-state index < -0.39 is 5.41 Å². The smallest absolute Gasteiger partial charge is 0.316 e. The average Bonchev–Trinajstić information content (AvgIpc) is 3.69. The Morgan fingerprint density at radius 1 is 0.871 bits per heavy atom. The molecule has 2 aliphatic carbocycles. The van der Waals surface area contributed by atoms with E-state index in [0.29, 0.717) is 18.8 Å². The maximum Gasteiger partial charge on any atom is 0.316 e. The second-order valence-corrected chi connectivity index (χ2v) is 8.77. The molecule has 0 N–H and O–H groups in total. The quantitative estimate of drug-likeness (QED) is 0.400. The van der Waals surface area contributed by atoms with Crippen LogP contribution in [0.1, 0.15) is 61.0 Å². The number of hydrogen-bond donors (Lipinski definition) is 0. The van der Waals surface area contributed by atoms with Crippen molar-refractivity contribution in [1.29, 1.82) is 0 Å². The molecule has 2 saturated carbocycles. The minimum atomic E-state index is -0.477. The Morgan fingerprint density at radius 2 is 1.35 bits per heavy atom. The lowest BCUT2D eigenvalue weighted by Crippen LogP contribution is -2.23. The first-order valence-corrected chi connectivity index (χ1v) is 11.4. The van der Waals surface area contributed by atoms with E-state index in [0.717, 1.165) is 47.6 Å². The molecule has 0 bridgehead atoms. The Bertz CT molecular complexity index is 960. The van der Waals surface area contributed by atoms with Crippen LogP contribution >= 0.6 is 15.9 Å². The van der Waals surface area contributed by atoms with Gasteiger partial charge in [0.1, 0.15) is 6.29 Å². The fourth-order valence-electron chi connectivity index (χ4n) is 3.71. The highest BCUT2D eigenvalue weighted by molar-refractivity contribution is 9.10. The molecular formula is C25H27BrO5. The first kappa shape index (κ1) is 23.2. The van der Waals surface area contributed by atoms with Crippen molar-refractivity contribution < 1.29 is 23.9 Å². The molecule has 0 atom stereocenters. The molecule has 0 radical (unpaired) electrons. The Balaban J connectivity index is 0.000000176. The molecule has 31 heavy (non-hydrogen) atoms. The molecule has 4 rings (SSSR count). The fourth-order valence-corrected chi connectivity index (χ4v) is 4.10. The van der Waals surface area contributed by atoms with Gasteiger partial charge in [-0.15, -0.1) is 0 Å². The van der Waals surface area contributed by atoms with Gasteiger partial charge in [0.2, 0.25) is 0 Å². The van der Waals surface area contributed by atoms with Crippen LogP contribution in [0.15, 0.2) is 53.0 Å². The highest BCUT2D eigenvalue weighted by atomic mass is 79.9. The first-order chi connectivity index (χ1) is 14.9. The van der Waals surface area contributed by atoms with Gasteiger partial charge < -0.3 is 9.47 Å². The monoisotopic (exact) mass is 486 g/mol. The van der Waals surface area contributed by atoms with Crippen LogP contribution < -0.4 is 0 Å². The van der Waals surface area contributed by atoms with Crippen molar-refractivity contribution in [3.63, 3.8) is 0 Å². The summed E-state index contributed by atoms with van der Waals surface area (Å²) in [5.41, 5.74) is 1.74. The average molecular weight is 487 g/mol. The van der Waals surface area contributed by atoms with E-state index in [2.05, 4.69) is 15.9 Å². The van der Waals surface area contributed by atoms with Crippen molar-refractivity contribution in [1.82, 2.24) is 0 Å². The number of carbonyl (C=O) groups is 3. The standard InChI is InChI=1S/C13H14O3.C12H13BrO2/c1-2-16-12(15)13(6-7-13)11-5-3-4-10(8-11)9-14;1-2-15-11(14)12(6-7-12)9-4-3-5-10(13)8-9/h3-5,8-9H,2,6-7H2,1H3;3-5,8H,2,6-7H2,1H3. The maximum atomic E-state index is 11.8. The van der Waals surface area contributed by atoms with Crippen molar-refractivity contribution in [2.75, 3.05) is 13.2 Å². The van der Waals surface area contributed by atoms with Crippen molar-refractivity contribution >= 4 is 34.2 Å². The SMILES string of the molecule is CCOC(=O)C1(c2cccc(Br)c2)CC1.CCOC(=O)C1(c2cccc(C=O)c2)CC1. The molecule has 0 unspecified atom stereocenters. The highest BCUT2D eigenvalue weighted by Gasteiger charge is 2.53. The molecule has 6 heteroatoms. The summed E-state index contributed by atoms with van der Waals surface area (Å²) in [5.74, 6) is -0.249. The summed E-state index contributed by atoms with van der Waals surface area (Å²) in [6.45, 7) is 4.49. The summed E-state index contributed by atoms with van der Waals surface area (Å²) in [6, 6.07) is 15.1. The Kier molecular flexibility index (Phi) is 7.31. The Hall–Kier alpha value is -2.47. The van der Waals surface area contributed by atoms with E-state index in [9.17, 15) is 14.4 Å². The third-order valence-corrected chi connectivity index (χ3v) is 6.28. The Morgan fingerprint density at radius 3 is 1.77 bits per heavy atom. The predicted octanol–water partition coefficient (Wildman–Crippen LogP) is 5.14. The third kappa shape index (κ3) is 5.06. The highest BCUT2D eigenvalue weighted by Crippen LogP contribution is 2.50. The summed E-state index contributed by atoms with van der Waals surface area (Å²) >= 11 is 3.42. The van der Waals surface area contributed by atoms with Gasteiger partial charge in [-0.3, -0.25) is 14.4 Å². The number of hydrogen-bond acceptors (Lipinski definition) is 5. The lowest BCUT2D eigenvalue weighted by Gasteiger charge is -2.14. The van der Waals surface area contributed by atoms with E-state index in [1.54, 1.807) is 25.1 Å². The van der Waals surface area contributed by atoms with Crippen LogP contribution in [-0.4, -0.2) is 31.4 Å². The van der Waals surface area contributed by atoms with Gasteiger partial charge in [0, 0.05) is 10.0 Å². The van der Waals surface area contributed by atoms with E-state index >= 15 is 0 Å². The summed E-state index contributed by atoms with van der Waals surface area (Å²) in [4.78, 5) is 34.3. The summed E-state index contributed by atoms with van der Waals surface area (Å²) < 4.78 is 11.2. The largest absolute Gasteiger partial charge is 0.465 e. The van der Waals surface area contributed by atoms with Crippen LogP contribution in [0.2, 0.25) is 0 Å². The van der Waals surface area contributed by atoms with Gasteiger partial charge in [-0.2, -0.15) is 0 Å². The van der Waals surface area contributed by atoms with E-state index in [1.807, 2.05) is 37.3 Å². The lowest BCUT2D eigenvalue weighted by molar-refractivity contribution is -0.147. The summed E-state index contributed by atoms with van der Waals surface area (Å²) in [7, 11) is 0. The minimum Gasteiger partial charge on any atom is -0.465 e. The van der Waals surface area contributed by atoms with Crippen LogP contribution in [0.3, 0.4) is 0 Å². The molecular weight excluding hydrogens is 460 g/mol. The molecule has 0 heterocycles. The van der Waals surface area contributed by atoms with Crippen molar-refractivity contribution in [3.05, 3.63) is 69.7 Å². The zero-order valence-corrected chi connectivity index (χ0v) is 19.4. The van der Waals surface area contributed by atoms with Crippen LogP contribution in [0.5, 0.6) is 0 Å². The number of carbonyl (C=O) groups excluding carboxylic acids is 3. The molecule has 2 fully saturated rings. The van der Waals surface area contributed by atoms with Gasteiger partial charge in [-0.05, 0) is 68.9 Å². The van der Waals surface area contributed by atoms with Gasteiger partial charge in [0.15, 0.2) is 0 Å². The summed E-state index contributed by atoms with van der Waals surface area (Å²) in [6.07, 6.45) is 4.23. The molecule has 0 aliphatic heterocycles. The molecule has 2 aromatic carbocycles. The molecule has 0 amide bonds. The second kappa shape index (κ2) is 9.77. The number of rotatable bonds is 7. The van der Waals surface area contributed by atoms with E-state index in [4.69, 9.17) is 9.47 Å². The number of aldehydes is 1. The zero-order chi connectivity index (χ0) is 22.5. The van der Waals surface area contributed by atoms with Crippen molar-refractivity contribution in [2.24, 2.45) is 0 Å². The van der Waals surface area contributed by atoms with Gasteiger partial charge >= 0.3 is 11.9 Å². The lowest BCUT2D eigenvalue weighted by atomic mass is 9.95. The molecule has 2 aliphatic rings. The van der Waals surface area contributed by atoms with Crippen LogP contribution in [0.4, 0.5) is 0 Å². The van der Waals surface area contributed by atoms with Gasteiger partial charge in [-0.25, -0.2) is 0 Å². The number of ether oxygens (including phenoxy) is 2. The molecule has 0 spiro atoms.